The van der Waals surface area contributed by atoms with E-state index in [4.69, 9.17) is 34.8 Å². The van der Waals surface area contributed by atoms with Gasteiger partial charge in [0.05, 0.1) is 16.8 Å². The lowest BCUT2D eigenvalue weighted by Crippen LogP contribution is -2.29. The van der Waals surface area contributed by atoms with Gasteiger partial charge in [0.1, 0.15) is 0 Å². The second-order valence-electron chi connectivity index (χ2n) is 5.85. The predicted molar refractivity (Wildman–Crippen MR) is 94.3 cm³/mol. The van der Waals surface area contributed by atoms with E-state index in [1.807, 2.05) is 24.3 Å². The van der Waals surface area contributed by atoms with E-state index in [0.29, 0.717) is 21.9 Å². The molecule has 1 aliphatic heterocycles. The molecule has 1 nitrogen and oxygen atoms in total. The second-order valence-corrected chi connectivity index (χ2v) is 7.10. The minimum Gasteiger partial charge on any atom is -0.376 e. The number of nitrogens with one attached hydrogen (secondary N) is 1. The molecular weight excluding hydrogens is 337 g/mol. The molecule has 2 aliphatic rings. The Labute approximate surface area is 144 Å². The van der Waals surface area contributed by atoms with Crippen molar-refractivity contribution in [1.29, 1.82) is 0 Å². The summed E-state index contributed by atoms with van der Waals surface area (Å²) in [6.45, 7) is 0. The average molecular weight is 351 g/mol. The number of hydrogen-bond donors (Lipinski definition) is 1. The van der Waals surface area contributed by atoms with E-state index in [-0.39, 0.29) is 6.04 Å². The van der Waals surface area contributed by atoms with Crippen molar-refractivity contribution in [2.45, 2.75) is 18.4 Å². The van der Waals surface area contributed by atoms with Crippen molar-refractivity contribution in [2.75, 3.05) is 5.32 Å². The molecule has 0 unspecified atom stereocenters. The summed E-state index contributed by atoms with van der Waals surface area (Å²) in [7, 11) is 0. The molecule has 0 saturated heterocycles. The van der Waals surface area contributed by atoms with E-state index < -0.39 is 0 Å². The van der Waals surface area contributed by atoms with Crippen LogP contribution in [0.5, 0.6) is 0 Å². The number of benzene rings is 2. The molecule has 0 spiro atoms. The van der Waals surface area contributed by atoms with Crippen LogP contribution in [0.3, 0.4) is 0 Å². The van der Waals surface area contributed by atoms with Crippen LogP contribution in [-0.2, 0) is 0 Å². The minimum atomic E-state index is 0.153. The van der Waals surface area contributed by atoms with Crippen LogP contribution in [0.4, 0.5) is 5.69 Å². The first-order valence-electron chi connectivity index (χ1n) is 7.31. The molecule has 4 heteroatoms. The molecule has 1 aliphatic carbocycles. The van der Waals surface area contributed by atoms with Gasteiger partial charge in [0.25, 0.3) is 0 Å². The van der Waals surface area contributed by atoms with Crippen LogP contribution < -0.4 is 5.32 Å². The van der Waals surface area contributed by atoms with Gasteiger partial charge in [-0.3, -0.25) is 0 Å². The van der Waals surface area contributed by atoms with Crippen molar-refractivity contribution < 1.29 is 0 Å². The number of rotatable bonds is 1. The Morgan fingerprint density at radius 1 is 0.955 bits per heavy atom. The number of allylic oxidation sites excluding steroid dienone is 2. The van der Waals surface area contributed by atoms with E-state index in [2.05, 4.69) is 23.5 Å². The molecule has 1 heterocycles. The lowest BCUT2D eigenvalue weighted by Gasteiger charge is -2.38. The molecule has 2 aromatic carbocycles. The largest absolute Gasteiger partial charge is 0.376 e. The molecule has 0 bridgehead atoms. The van der Waals surface area contributed by atoms with E-state index in [1.165, 1.54) is 5.56 Å². The lowest BCUT2D eigenvalue weighted by atomic mass is 9.77. The summed E-state index contributed by atoms with van der Waals surface area (Å²) in [5, 5.41) is 5.74. The monoisotopic (exact) mass is 349 g/mol. The summed E-state index contributed by atoms with van der Waals surface area (Å²) in [6, 6.07) is 12.0. The van der Waals surface area contributed by atoms with Crippen LogP contribution in [-0.4, -0.2) is 0 Å². The number of halogens is 3. The van der Waals surface area contributed by atoms with E-state index in [1.54, 1.807) is 6.07 Å². The van der Waals surface area contributed by atoms with Gasteiger partial charge in [-0.1, -0.05) is 65.2 Å². The Hall–Kier alpha value is -1.15. The maximum atomic E-state index is 6.43. The van der Waals surface area contributed by atoms with Gasteiger partial charge < -0.3 is 5.32 Å². The van der Waals surface area contributed by atoms with Gasteiger partial charge >= 0.3 is 0 Å². The maximum absolute atomic E-state index is 6.43. The van der Waals surface area contributed by atoms with Crippen molar-refractivity contribution in [3.63, 3.8) is 0 Å². The third-order valence-corrected chi connectivity index (χ3v) is 5.49. The smallest absolute Gasteiger partial charge is 0.0655 e. The highest BCUT2D eigenvalue weighted by Gasteiger charge is 2.39. The first kappa shape index (κ1) is 14.4. The van der Waals surface area contributed by atoms with Crippen LogP contribution >= 0.6 is 34.8 Å². The fourth-order valence-electron chi connectivity index (χ4n) is 3.66. The number of anilines is 1. The molecular formula is C18H14Cl3N. The zero-order valence-electron chi connectivity index (χ0n) is 11.7. The Kier molecular flexibility index (Phi) is 3.60. The Morgan fingerprint density at radius 2 is 1.77 bits per heavy atom. The number of fused-ring (bicyclic) bond motifs is 3. The van der Waals surface area contributed by atoms with E-state index in [0.717, 1.165) is 22.7 Å². The predicted octanol–water partition coefficient (Wildman–Crippen LogP) is 6.47. The summed E-state index contributed by atoms with van der Waals surface area (Å²) < 4.78 is 0. The first-order chi connectivity index (χ1) is 10.6. The molecule has 112 valence electrons. The SMILES string of the molecule is Clc1cc(Cl)c2c(c1)[C@H]1C=CC[C@@H]1[C@@H](c1ccccc1Cl)N2. The molecule has 0 amide bonds. The molecule has 0 aromatic heterocycles. The maximum Gasteiger partial charge on any atom is 0.0655 e. The molecule has 22 heavy (non-hydrogen) atoms. The summed E-state index contributed by atoms with van der Waals surface area (Å²) in [6.07, 6.45) is 5.53. The third-order valence-electron chi connectivity index (χ3n) is 4.63. The van der Waals surface area contributed by atoms with Crippen LogP contribution in [0, 0.1) is 5.92 Å². The molecule has 3 atom stereocenters. The van der Waals surface area contributed by atoms with E-state index >= 15 is 0 Å². The average Bonchev–Trinajstić information content (AvgIpc) is 2.97. The normalized spacial score (nSPS) is 25.5. The van der Waals surface area contributed by atoms with Gasteiger partial charge in [0.15, 0.2) is 0 Å². The fraction of sp³-hybridized carbons (Fsp3) is 0.222. The van der Waals surface area contributed by atoms with Gasteiger partial charge in [0.2, 0.25) is 0 Å². The zero-order valence-corrected chi connectivity index (χ0v) is 14.0. The van der Waals surface area contributed by atoms with Crippen molar-refractivity contribution in [3.8, 4) is 0 Å². The molecule has 4 rings (SSSR count). The Balaban J connectivity index is 1.86. The summed E-state index contributed by atoms with van der Waals surface area (Å²) in [4.78, 5) is 0. The van der Waals surface area contributed by atoms with Crippen LogP contribution in [0.1, 0.15) is 29.5 Å². The zero-order chi connectivity index (χ0) is 15.3. The molecule has 0 fully saturated rings. The second kappa shape index (κ2) is 5.49. The highest BCUT2D eigenvalue weighted by atomic mass is 35.5. The van der Waals surface area contributed by atoms with Gasteiger partial charge in [-0.15, -0.1) is 0 Å². The van der Waals surface area contributed by atoms with Crippen LogP contribution in [0.25, 0.3) is 0 Å². The van der Waals surface area contributed by atoms with Crippen molar-refractivity contribution >= 4 is 40.5 Å². The Bertz CT molecular complexity index is 769. The fourth-order valence-corrected chi connectivity index (χ4v) is 4.47. The van der Waals surface area contributed by atoms with Gasteiger partial charge in [0, 0.05) is 16.0 Å². The number of hydrogen-bond acceptors (Lipinski definition) is 1. The van der Waals surface area contributed by atoms with Gasteiger partial charge in [-0.05, 0) is 41.7 Å². The minimum absolute atomic E-state index is 0.153. The summed E-state index contributed by atoms with van der Waals surface area (Å²) >= 11 is 19.0. The quantitative estimate of drug-likeness (QED) is 0.581. The molecule has 1 N–H and O–H groups in total. The summed E-state index contributed by atoms with van der Waals surface area (Å²) in [5.41, 5.74) is 3.28. The first-order valence-corrected chi connectivity index (χ1v) is 8.45. The van der Waals surface area contributed by atoms with Crippen molar-refractivity contribution in [2.24, 2.45) is 5.92 Å². The van der Waals surface area contributed by atoms with Gasteiger partial charge in [-0.25, -0.2) is 0 Å². The lowest BCUT2D eigenvalue weighted by molar-refractivity contribution is 0.426. The highest BCUT2D eigenvalue weighted by Crippen LogP contribution is 2.52. The standard InChI is InChI=1S/C18H14Cl3N/c19-10-8-14-11-5-3-6-12(11)17(22-18(14)16(21)9-10)13-4-1-2-7-15(13)20/h1-5,7-9,11-12,17,22H,6H2/t11-,12-,17-/m0/s1. The molecule has 0 saturated carbocycles. The molecule has 0 radical (unpaired) electrons. The van der Waals surface area contributed by atoms with Crippen LogP contribution in [0.2, 0.25) is 15.1 Å². The highest BCUT2D eigenvalue weighted by molar-refractivity contribution is 6.36. The van der Waals surface area contributed by atoms with Crippen molar-refractivity contribution in [3.05, 3.63) is 74.7 Å². The summed E-state index contributed by atoms with van der Waals surface area (Å²) in [5.74, 6) is 0.760. The molecule has 2 aromatic rings. The third kappa shape index (κ3) is 2.23. The van der Waals surface area contributed by atoms with Crippen molar-refractivity contribution in [1.82, 2.24) is 0 Å². The van der Waals surface area contributed by atoms with E-state index in [9.17, 15) is 0 Å². The topological polar surface area (TPSA) is 12.0 Å². The van der Waals surface area contributed by atoms with Crippen LogP contribution in [0.15, 0.2) is 48.6 Å². The van der Waals surface area contributed by atoms with Gasteiger partial charge in [-0.2, -0.15) is 0 Å². The Morgan fingerprint density at radius 3 is 2.59 bits per heavy atom.